The molecule has 2 aromatic carbocycles. The molecule has 5 fully saturated rings. The molecule has 6 nitrogen and oxygen atoms in total. The molecule has 1 saturated heterocycles. The molecule has 0 aromatic heterocycles. The lowest BCUT2D eigenvalue weighted by atomic mass is 9.53. The summed E-state index contributed by atoms with van der Waals surface area (Å²) in [6.45, 7) is 4.16. The molecule has 1 unspecified atom stereocenters. The normalized spacial score (nSPS) is 36.2. The van der Waals surface area contributed by atoms with Crippen LogP contribution in [0, 0.1) is 23.7 Å². The van der Waals surface area contributed by atoms with E-state index in [0.29, 0.717) is 23.9 Å². The molecule has 4 bridgehead atoms. The molecule has 180 valence electrons. The van der Waals surface area contributed by atoms with Crippen molar-refractivity contribution in [3.63, 3.8) is 0 Å². The molecule has 2 aromatic rings. The van der Waals surface area contributed by atoms with Gasteiger partial charge in [0.25, 0.3) is 11.7 Å². The van der Waals surface area contributed by atoms with E-state index in [9.17, 15) is 4.79 Å². The van der Waals surface area contributed by atoms with Gasteiger partial charge in [0, 0.05) is 40.6 Å². The van der Waals surface area contributed by atoms with Gasteiger partial charge in [-0.3, -0.25) is 4.79 Å². The number of benzene rings is 2. The molecule has 6 heteroatoms. The summed E-state index contributed by atoms with van der Waals surface area (Å²) in [5, 5.41) is 2.90. The minimum Gasteiger partial charge on any atom is -0.350 e. The molecule has 1 heterocycles. The summed E-state index contributed by atoms with van der Waals surface area (Å²) in [7, 11) is 0. The van der Waals surface area contributed by atoms with Gasteiger partial charge in [0.05, 0.1) is 0 Å². The van der Waals surface area contributed by atoms with Crippen LogP contribution in [-0.2, 0) is 20.3 Å². The van der Waals surface area contributed by atoms with Crippen molar-refractivity contribution in [2.24, 2.45) is 29.4 Å². The fraction of sp³-hybridized carbons (Fsp3) is 0.536. The Hall–Kier alpha value is -2.25. The van der Waals surface area contributed by atoms with Gasteiger partial charge >= 0.3 is 0 Å². The molecule has 1 spiro atoms. The lowest BCUT2D eigenvalue weighted by Gasteiger charge is -2.57. The van der Waals surface area contributed by atoms with Gasteiger partial charge in [-0.2, -0.15) is 9.78 Å². The smallest absolute Gasteiger partial charge is 0.256 e. The molecule has 1 atom stereocenters. The Morgan fingerprint density at radius 3 is 2.09 bits per heavy atom. The van der Waals surface area contributed by atoms with Crippen molar-refractivity contribution in [3.05, 3.63) is 71.3 Å². The van der Waals surface area contributed by atoms with Crippen molar-refractivity contribution in [3.8, 4) is 0 Å². The average molecular weight is 463 g/mol. The van der Waals surface area contributed by atoms with Crippen LogP contribution in [0.25, 0.3) is 0 Å². The Morgan fingerprint density at radius 1 is 0.912 bits per heavy atom. The van der Waals surface area contributed by atoms with Gasteiger partial charge < -0.3 is 15.8 Å². The van der Waals surface area contributed by atoms with Gasteiger partial charge in [0.15, 0.2) is 0 Å². The number of amides is 1. The number of nitrogens with one attached hydrogen (secondary N) is 1. The summed E-state index contributed by atoms with van der Waals surface area (Å²) >= 11 is 0. The Labute approximate surface area is 201 Å². The highest BCUT2D eigenvalue weighted by Crippen LogP contribution is 2.64. The molecule has 1 aliphatic heterocycles. The van der Waals surface area contributed by atoms with Crippen LogP contribution in [0.15, 0.2) is 54.6 Å². The fourth-order valence-electron chi connectivity index (χ4n) is 6.82. The second kappa shape index (κ2) is 7.89. The Kier molecular flexibility index (Phi) is 5.16. The first-order chi connectivity index (χ1) is 16.3. The van der Waals surface area contributed by atoms with Crippen molar-refractivity contribution < 1.29 is 19.3 Å². The predicted molar refractivity (Wildman–Crippen MR) is 127 cm³/mol. The highest BCUT2D eigenvalue weighted by molar-refractivity contribution is 5.94. The van der Waals surface area contributed by atoms with Crippen LogP contribution < -0.4 is 11.1 Å². The van der Waals surface area contributed by atoms with Crippen molar-refractivity contribution in [2.75, 3.05) is 6.54 Å². The molecule has 4 saturated carbocycles. The van der Waals surface area contributed by atoms with Gasteiger partial charge in [-0.15, -0.1) is 0 Å². The number of ether oxygens (including phenoxy) is 1. The first-order valence-corrected chi connectivity index (χ1v) is 12.6. The Morgan fingerprint density at radius 2 is 1.50 bits per heavy atom. The number of hydrogen-bond donors (Lipinski definition) is 2. The Bertz CT molecular complexity index is 1030. The van der Waals surface area contributed by atoms with Crippen LogP contribution >= 0.6 is 0 Å². The first-order valence-electron chi connectivity index (χ1n) is 12.6. The molecule has 0 radical (unpaired) electrons. The monoisotopic (exact) mass is 462 g/mol. The summed E-state index contributed by atoms with van der Waals surface area (Å²) in [6, 6.07) is 17.4. The van der Waals surface area contributed by atoms with E-state index in [1.165, 1.54) is 6.42 Å². The van der Waals surface area contributed by atoms with Crippen molar-refractivity contribution >= 4 is 5.91 Å². The van der Waals surface area contributed by atoms with Crippen LogP contribution in [0.5, 0.6) is 0 Å². The molecular formula is C28H34N2O4. The van der Waals surface area contributed by atoms with E-state index in [1.54, 1.807) is 0 Å². The third kappa shape index (κ3) is 3.59. The van der Waals surface area contributed by atoms with E-state index in [4.69, 9.17) is 20.2 Å². The maximum atomic E-state index is 12.6. The van der Waals surface area contributed by atoms with Crippen LogP contribution in [0.4, 0.5) is 0 Å². The average Bonchev–Trinajstić information content (AvgIpc) is 3.24. The Balaban J connectivity index is 1.32. The van der Waals surface area contributed by atoms with Gasteiger partial charge in [0.1, 0.15) is 0 Å². The lowest BCUT2D eigenvalue weighted by Crippen LogP contribution is -2.59. The zero-order chi connectivity index (χ0) is 23.6. The van der Waals surface area contributed by atoms with E-state index >= 15 is 0 Å². The minimum absolute atomic E-state index is 0.152. The topological polar surface area (TPSA) is 82.8 Å². The van der Waals surface area contributed by atoms with E-state index < -0.39 is 17.1 Å². The van der Waals surface area contributed by atoms with Crippen molar-refractivity contribution in [1.82, 2.24) is 5.32 Å². The maximum absolute atomic E-state index is 12.6. The third-order valence-electron chi connectivity index (χ3n) is 8.25. The molecule has 3 N–H and O–H groups in total. The second-order valence-electron chi connectivity index (χ2n) is 11.5. The third-order valence-corrected chi connectivity index (χ3v) is 8.25. The highest BCUT2D eigenvalue weighted by atomic mass is 17.3. The molecule has 1 amide bonds. The summed E-state index contributed by atoms with van der Waals surface area (Å²) in [5.74, 6) is 0.294. The summed E-state index contributed by atoms with van der Waals surface area (Å²) in [4.78, 5) is 25.2. The van der Waals surface area contributed by atoms with E-state index in [1.807, 2.05) is 68.4 Å². The molecule has 4 aliphatic carbocycles. The zero-order valence-corrected chi connectivity index (χ0v) is 20.0. The van der Waals surface area contributed by atoms with E-state index in [0.717, 1.165) is 48.6 Å². The van der Waals surface area contributed by atoms with Crippen molar-refractivity contribution in [2.45, 2.75) is 63.1 Å². The number of nitrogens with two attached hydrogens (primary N) is 1. The standard InChI is InChI=1S/C28H34N2O4/c1-26(2,29)17-30-25(31)20-8-10-22(11-9-20)27(21-6-4-3-5-7-21)32-28(34-33-27)23-13-18-12-19(15-23)16-24(28)14-18/h3-11,18-19,23-24H,12-17,29H2,1-2H3,(H,30,31). The summed E-state index contributed by atoms with van der Waals surface area (Å²) in [6.07, 6.45) is 5.96. The van der Waals surface area contributed by atoms with E-state index in [-0.39, 0.29) is 5.91 Å². The zero-order valence-electron chi connectivity index (χ0n) is 20.0. The fourth-order valence-corrected chi connectivity index (χ4v) is 6.82. The molecule has 7 rings (SSSR count). The van der Waals surface area contributed by atoms with Crippen LogP contribution in [0.3, 0.4) is 0 Å². The van der Waals surface area contributed by atoms with Crippen molar-refractivity contribution in [1.29, 1.82) is 0 Å². The summed E-state index contributed by atoms with van der Waals surface area (Å²) < 4.78 is 7.02. The van der Waals surface area contributed by atoms with Crippen LogP contribution in [-0.4, -0.2) is 23.8 Å². The quantitative estimate of drug-likeness (QED) is 0.640. The number of hydrogen-bond acceptors (Lipinski definition) is 5. The highest BCUT2D eigenvalue weighted by Gasteiger charge is 2.67. The van der Waals surface area contributed by atoms with Gasteiger partial charge in [-0.1, -0.05) is 42.5 Å². The lowest BCUT2D eigenvalue weighted by molar-refractivity contribution is -0.387. The predicted octanol–water partition coefficient (Wildman–Crippen LogP) is 4.49. The van der Waals surface area contributed by atoms with Gasteiger partial charge in [-0.05, 0) is 69.9 Å². The molecular weight excluding hydrogens is 428 g/mol. The van der Waals surface area contributed by atoms with Crippen LogP contribution in [0.1, 0.15) is 67.4 Å². The minimum atomic E-state index is -1.16. The SMILES string of the molecule is CC(C)(N)CNC(=O)c1ccc(C2(c3ccccc3)OOC3(O2)C2CC4CC(C2)CC3C4)cc1. The van der Waals surface area contributed by atoms with Gasteiger partial charge in [-0.25, -0.2) is 0 Å². The molecule has 5 aliphatic rings. The second-order valence-corrected chi connectivity index (χ2v) is 11.5. The first kappa shape index (κ1) is 22.2. The maximum Gasteiger partial charge on any atom is 0.256 e. The van der Waals surface area contributed by atoms with Crippen LogP contribution in [0.2, 0.25) is 0 Å². The summed E-state index contributed by atoms with van der Waals surface area (Å²) in [5.41, 5.74) is 7.82. The van der Waals surface area contributed by atoms with Gasteiger partial charge in [0.2, 0.25) is 5.79 Å². The van der Waals surface area contributed by atoms with E-state index in [2.05, 4.69) is 5.32 Å². The number of rotatable bonds is 5. The number of carbonyl (C=O) groups excluding carboxylic acids is 1. The number of carbonyl (C=O) groups is 1. The largest absolute Gasteiger partial charge is 0.350 e. The molecule has 34 heavy (non-hydrogen) atoms.